The Hall–Kier alpha value is -1.81. The fourth-order valence-corrected chi connectivity index (χ4v) is 2.61. The van der Waals surface area contributed by atoms with Crippen LogP contribution in [0.3, 0.4) is 0 Å². The monoisotopic (exact) mass is 243 g/mol. The Morgan fingerprint density at radius 1 is 1.39 bits per heavy atom. The molecule has 0 saturated carbocycles. The summed E-state index contributed by atoms with van der Waals surface area (Å²) < 4.78 is 0. The molecule has 3 rings (SSSR count). The van der Waals surface area contributed by atoms with Gasteiger partial charge in [0.25, 0.3) is 0 Å². The lowest BCUT2D eigenvalue weighted by atomic mass is 10.1. The minimum absolute atomic E-state index is 0.601. The van der Waals surface area contributed by atoms with Crippen LogP contribution in [0.2, 0.25) is 0 Å². The van der Waals surface area contributed by atoms with Crippen molar-refractivity contribution in [3.63, 3.8) is 0 Å². The molecule has 94 valence electrons. The second-order valence-electron chi connectivity index (χ2n) is 5.24. The number of nitrogens with zero attached hydrogens (tertiary/aromatic N) is 2. The van der Waals surface area contributed by atoms with Crippen LogP contribution >= 0.6 is 0 Å². The number of rotatable bonds is 1. The number of hydrogen-bond donors (Lipinski definition) is 2. The summed E-state index contributed by atoms with van der Waals surface area (Å²) in [6.45, 7) is 3.40. The van der Waals surface area contributed by atoms with Gasteiger partial charge in [0.1, 0.15) is 0 Å². The van der Waals surface area contributed by atoms with E-state index >= 15 is 0 Å². The van der Waals surface area contributed by atoms with E-state index in [1.165, 1.54) is 0 Å². The van der Waals surface area contributed by atoms with Gasteiger partial charge in [-0.3, -0.25) is 4.98 Å². The predicted molar refractivity (Wildman–Crippen MR) is 73.6 cm³/mol. The first kappa shape index (κ1) is 11.3. The first-order chi connectivity index (χ1) is 8.57. The summed E-state index contributed by atoms with van der Waals surface area (Å²) in [5.74, 6) is 0. The lowest BCUT2D eigenvalue weighted by Crippen LogP contribution is -2.29. The fourth-order valence-electron chi connectivity index (χ4n) is 2.61. The lowest BCUT2D eigenvalue weighted by molar-refractivity contribution is 0.0839. The Morgan fingerprint density at radius 2 is 2.22 bits per heavy atom. The lowest BCUT2D eigenvalue weighted by Gasteiger charge is -2.22. The van der Waals surface area contributed by atoms with E-state index in [0.29, 0.717) is 12.2 Å². The van der Waals surface area contributed by atoms with Crippen molar-refractivity contribution in [2.45, 2.75) is 18.9 Å². The number of β-amino-alcohol motifs (C(OH)–C–C–N with tert-alkyl or cyclic N) is 1. The highest BCUT2D eigenvalue weighted by Crippen LogP contribution is 2.32. The number of nitrogens with two attached hydrogens (primary N) is 1. The molecule has 0 amide bonds. The number of anilines is 2. The number of nitrogen functional groups attached to an aromatic ring is 1. The molecule has 4 heteroatoms. The SMILES string of the molecule is CC1(O)CCN(c2ccnc3c(N)cccc23)C1. The molecule has 0 bridgehead atoms. The Kier molecular flexibility index (Phi) is 2.41. The smallest absolute Gasteiger partial charge is 0.0951 e. The number of pyridine rings is 1. The van der Waals surface area contributed by atoms with Crippen LogP contribution < -0.4 is 10.6 Å². The molecule has 1 aliphatic heterocycles. The van der Waals surface area contributed by atoms with Crippen LogP contribution in [0.1, 0.15) is 13.3 Å². The maximum Gasteiger partial charge on any atom is 0.0951 e. The standard InChI is InChI=1S/C14H17N3O/c1-14(18)6-8-17(9-14)12-5-7-16-13-10(12)3-2-4-11(13)15/h2-5,7,18H,6,8-9,15H2,1H3. The molecule has 0 aliphatic carbocycles. The molecular weight excluding hydrogens is 226 g/mol. The molecule has 4 nitrogen and oxygen atoms in total. The Balaban J connectivity index is 2.10. The summed E-state index contributed by atoms with van der Waals surface area (Å²) in [5.41, 5.74) is 7.98. The number of aliphatic hydroxyl groups is 1. The molecule has 18 heavy (non-hydrogen) atoms. The van der Waals surface area contributed by atoms with Crippen LogP contribution in [-0.2, 0) is 0 Å². The highest BCUT2D eigenvalue weighted by Gasteiger charge is 2.32. The van der Waals surface area contributed by atoms with E-state index in [2.05, 4.69) is 9.88 Å². The summed E-state index contributed by atoms with van der Waals surface area (Å²) in [5, 5.41) is 11.1. The average Bonchev–Trinajstić information content (AvgIpc) is 2.70. The predicted octanol–water partition coefficient (Wildman–Crippen LogP) is 1.78. The van der Waals surface area contributed by atoms with Crippen molar-refractivity contribution < 1.29 is 5.11 Å². The summed E-state index contributed by atoms with van der Waals surface area (Å²) in [6.07, 6.45) is 2.57. The molecule has 0 spiro atoms. The summed E-state index contributed by atoms with van der Waals surface area (Å²) >= 11 is 0. The minimum atomic E-state index is -0.601. The van der Waals surface area contributed by atoms with Crippen molar-refractivity contribution in [3.05, 3.63) is 30.5 Å². The van der Waals surface area contributed by atoms with Gasteiger partial charge in [0.2, 0.25) is 0 Å². The first-order valence-corrected chi connectivity index (χ1v) is 6.17. The molecule has 1 fully saturated rings. The Bertz CT molecular complexity index is 595. The van der Waals surface area contributed by atoms with E-state index in [0.717, 1.165) is 29.6 Å². The van der Waals surface area contributed by atoms with Crippen molar-refractivity contribution in [1.82, 2.24) is 4.98 Å². The molecule has 0 radical (unpaired) electrons. The maximum atomic E-state index is 10.1. The average molecular weight is 243 g/mol. The third kappa shape index (κ3) is 1.78. The van der Waals surface area contributed by atoms with Crippen LogP contribution in [0.15, 0.2) is 30.5 Å². The molecule has 1 saturated heterocycles. The quantitative estimate of drug-likeness (QED) is 0.749. The van der Waals surface area contributed by atoms with E-state index in [4.69, 9.17) is 5.73 Å². The zero-order valence-corrected chi connectivity index (χ0v) is 10.4. The second kappa shape index (κ2) is 3.85. The van der Waals surface area contributed by atoms with Gasteiger partial charge in [-0.15, -0.1) is 0 Å². The van der Waals surface area contributed by atoms with Gasteiger partial charge in [0, 0.05) is 30.4 Å². The molecule has 1 aromatic heterocycles. The van der Waals surface area contributed by atoms with Gasteiger partial charge in [-0.2, -0.15) is 0 Å². The molecule has 2 aromatic rings. The number of para-hydroxylation sites is 1. The van der Waals surface area contributed by atoms with Crippen molar-refractivity contribution in [2.24, 2.45) is 0 Å². The van der Waals surface area contributed by atoms with E-state index in [1.807, 2.05) is 31.2 Å². The third-order valence-electron chi connectivity index (χ3n) is 3.57. The highest BCUT2D eigenvalue weighted by molar-refractivity contribution is 5.98. The van der Waals surface area contributed by atoms with Gasteiger partial charge >= 0.3 is 0 Å². The van der Waals surface area contributed by atoms with Crippen LogP contribution in [0.4, 0.5) is 11.4 Å². The molecular formula is C14H17N3O. The maximum absolute atomic E-state index is 10.1. The van der Waals surface area contributed by atoms with E-state index < -0.39 is 5.60 Å². The van der Waals surface area contributed by atoms with Gasteiger partial charge in [0.05, 0.1) is 16.8 Å². The van der Waals surface area contributed by atoms with Crippen LogP contribution in [0.5, 0.6) is 0 Å². The molecule has 3 N–H and O–H groups in total. The summed E-state index contributed by atoms with van der Waals surface area (Å²) in [7, 11) is 0. The number of fused-ring (bicyclic) bond motifs is 1. The minimum Gasteiger partial charge on any atom is -0.397 e. The summed E-state index contributed by atoms with van der Waals surface area (Å²) in [4.78, 5) is 6.53. The van der Waals surface area contributed by atoms with Crippen LogP contribution in [0, 0.1) is 0 Å². The van der Waals surface area contributed by atoms with Crippen molar-refractivity contribution in [2.75, 3.05) is 23.7 Å². The normalized spacial score (nSPS) is 23.8. The molecule has 1 aromatic carbocycles. The van der Waals surface area contributed by atoms with Crippen molar-refractivity contribution in [1.29, 1.82) is 0 Å². The number of benzene rings is 1. The topological polar surface area (TPSA) is 62.4 Å². The second-order valence-corrected chi connectivity index (χ2v) is 5.24. The Morgan fingerprint density at radius 3 is 2.94 bits per heavy atom. The molecule has 1 atom stereocenters. The molecule has 1 aliphatic rings. The molecule has 1 unspecified atom stereocenters. The molecule has 2 heterocycles. The van der Waals surface area contributed by atoms with Crippen LogP contribution in [0.25, 0.3) is 10.9 Å². The summed E-state index contributed by atoms with van der Waals surface area (Å²) in [6, 6.07) is 7.82. The first-order valence-electron chi connectivity index (χ1n) is 6.17. The third-order valence-corrected chi connectivity index (χ3v) is 3.57. The van der Waals surface area contributed by atoms with Crippen LogP contribution in [-0.4, -0.2) is 28.8 Å². The van der Waals surface area contributed by atoms with E-state index in [-0.39, 0.29) is 0 Å². The van der Waals surface area contributed by atoms with Crippen molar-refractivity contribution in [3.8, 4) is 0 Å². The van der Waals surface area contributed by atoms with Gasteiger partial charge in [-0.25, -0.2) is 0 Å². The van der Waals surface area contributed by atoms with Gasteiger partial charge in [-0.05, 0) is 25.5 Å². The van der Waals surface area contributed by atoms with E-state index in [9.17, 15) is 5.11 Å². The highest BCUT2D eigenvalue weighted by atomic mass is 16.3. The number of hydrogen-bond acceptors (Lipinski definition) is 4. The van der Waals surface area contributed by atoms with Gasteiger partial charge in [0.15, 0.2) is 0 Å². The zero-order chi connectivity index (χ0) is 12.8. The fraction of sp³-hybridized carbons (Fsp3) is 0.357. The largest absolute Gasteiger partial charge is 0.397 e. The van der Waals surface area contributed by atoms with Crippen molar-refractivity contribution >= 4 is 22.3 Å². The zero-order valence-electron chi connectivity index (χ0n) is 10.4. The van der Waals surface area contributed by atoms with Gasteiger partial charge < -0.3 is 15.7 Å². The Labute approximate surface area is 106 Å². The van der Waals surface area contributed by atoms with Gasteiger partial charge in [-0.1, -0.05) is 12.1 Å². The number of aromatic nitrogens is 1. The van der Waals surface area contributed by atoms with E-state index in [1.54, 1.807) is 6.20 Å².